The van der Waals surface area contributed by atoms with Gasteiger partial charge in [-0.15, -0.1) is 6.58 Å². The lowest BCUT2D eigenvalue weighted by Gasteiger charge is -2.30. The molecule has 166 valence electrons. The van der Waals surface area contributed by atoms with E-state index >= 15 is 4.39 Å². The summed E-state index contributed by atoms with van der Waals surface area (Å²) in [7, 11) is 0. The van der Waals surface area contributed by atoms with Gasteiger partial charge >= 0.3 is 5.97 Å². The van der Waals surface area contributed by atoms with E-state index in [0.717, 1.165) is 38.2 Å². The van der Waals surface area contributed by atoms with Crippen LogP contribution in [0.3, 0.4) is 0 Å². The number of hydrogen-bond acceptors (Lipinski definition) is 1. The van der Waals surface area contributed by atoms with Gasteiger partial charge in [0.25, 0.3) is 0 Å². The molecule has 0 spiro atoms. The van der Waals surface area contributed by atoms with Crippen LogP contribution in [0.4, 0.5) is 22.0 Å². The summed E-state index contributed by atoms with van der Waals surface area (Å²) in [6.07, 6.45) is 7.63. The standard InChI is InChI=1S/C24H23F5O2/c1-2-3-4-5-13-6-8-14(9-7-13)16-12-17(25)21(24(30)31)23(29)20(16)15-10-18(26)22(28)19(27)11-15/h2,10-14H,1,3-9H2,(H,30,31)/t13-,14-. The van der Waals surface area contributed by atoms with Gasteiger partial charge in [0, 0.05) is 5.56 Å². The van der Waals surface area contributed by atoms with Gasteiger partial charge in [-0.2, -0.15) is 0 Å². The van der Waals surface area contributed by atoms with Crippen LogP contribution >= 0.6 is 0 Å². The number of hydrogen-bond donors (Lipinski definition) is 1. The minimum atomic E-state index is -1.84. The molecule has 2 aromatic carbocycles. The van der Waals surface area contributed by atoms with Crippen molar-refractivity contribution >= 4 is 5.97 Å². The highest BCUT2D eigenvalue weighted by Crippen LogP contribution is 2.43. The molecule has 0 unspecified atom stereocenters. The number of carboxylic acid groups (broad SMARTS) is 1. The van der Waals surface area contributed by atoms with Crippen molar-refractivity contribution in [2.45, 2.75) is 50.9 Å². The Kier molecular flexibility index (Phi) is 7.13. The van der Waals surface area contributed by atoms with E-state index in [1.54, 1.807) is 0 Å². The smallest absolute Gasteiger partial charge is 0.341 e. The Morgan fingerprint density at radius 3 is 2.13 bits per heavy atom. The maximum Gasteiger partial charge on any atom is 0.341 e. The average Bonchev–Trinajstić information content (AvgIpc) is 2.71. The molecule has 3 rings (SSSR count). The monoisotopic (exact) mass is 438 g/mol. The van der Waals surface area contributed by atoms with Crippen molar-refractivity contribution < 1.29 is 31.9 Å². The lowest BCUT2D eigenvalue weighted by Crippen LogP contribution is -2.16. The van der Waals surface area contributed by atoms with Crippen LogP contribution in [0.2, 0.25) is 0 Å². The molecule has 0 saturated heterocycles. The number of benzene rings is 2. The topological polar surface area (TPSA) is 37.3 Å². The Bertz CT molecular complexity index is 971. The van der Waals surface area contributed by atoms with Crippen LogP contribution in [0.15, 0.2) is 30.9 Å². The summed E-state index contributed by atoms with van der Waals surface area (Å²) in [6, 6.07) is 2.14. The number of aromatic carboxylic acids is 1. The Morgan fingerprint density at radius 2 is 1.58 bits per heavy atom. The van der Waals surface area contributed by atoms with Gasteiger partial charge in [0.2, 0.25) is 0 Å². The molecule has 0 atom stereocenters. The minimum absolute atomic E-state index is 0.148. The zero-order valence-corrected chi connectivity index (χ0v) is 16.9. The number of rotatable bonds is 7. The van der Waals surface area contributed by atoms with E-state index in [2.05, 4.69) is 6.58 Å². The normalized spacial score (nSPS) is 18.7. The fourth-order valence-electron chi connectivity index (χ4n) is 4.46. The van der Waals surface area contributed by atoms with E-state index in [1.165, 1.54) is 0 Å². The third-order valence-corrected chi connectivity index (χ3v) is 6.04. The molecule has 0 aromatic heterocycles. The van der Waals surface area contributed by atoms with Crippen molar-refractivity contribution in [3.05, 3.63) is 71.1 Å². The number of halogens is 5. The van der Waals surface area contributed by atoms with Crippen molar-refractivity contribution in [1.29, 1.82) is 0 Å². The second kappa shape index (κ2) is 9.62. The molecule has 1 aliphatic rings. The van der Waals surface area contributed by atoms with Crippen LogP contribution in [0.1, 0.15) is 66.8 Å². The van der Waals surface area contributed by atoms with Gasteiger partial charge in [0.1, 0.15) is 17.2 Å². The van der Waals surface area contributed by atoms with Crippen LogP contribution in [0, 0.1) is 35.0 Å². The third kappa shape index (κ3) is 4.81. The molecular weight excluding hydrogens is 415 g/mol. The van der Waals surface area contributed by atoms with Crippen molar-refractivity contribution in [2.24, 2.45) is 5.92 Å². The Labute approximate surface area is 177 Å². The summed E-state index contributed by atoms with van der Waals surface area (Å²) < 4.78 is 70.7. The van der Waals surface area contributed by atoms with E-state index in [4.69, 9.17) is 0 Å². The predicted molar refractivity (Wildman–Crippen MR) is 107 cm³/mol. The second-order valence-electron chi connectivity index (χ2n) is 8.01. The van der Waals surface area contributed by atoms with Crippen LogP contribution in [-0.2, 0) is 0 Å². The van der Waals surface area contributed by atoms with Gasteiger partial charge < -0.3 is 5.11 Å². The maximum absolute atomic E-state index is 15.2. The van der Waals surface area contributed by atoms with Crippen LogP contribution in [-0.4, -0.2) is 11.1 Å². The zero-order chi connectivity index (χ0) is 22.7. The first-order valence-corrected chi connectivity index (χ1v) is 10.3. The number of unbranched alkanes of at least 4 members (excludes halogenated alkanes) is 1. The molecule has 31 heavy (non-hydrogen) atoms. The molecule has 0 radical (unpaired) electrons. The number of allylic oxidation sites excluding steroid dienone is 1. The Morgan fingerprint density at radius 1 is 0.968 bits per heavy atom. The summed E-state index contributed by atoms with van der Waals surface area (Å²) in [5.74, 6) is -9.13. The molecule has 7 heteroatoms. The van der Waals surface area contributed by atoms with E-state index < -0.39 is 46.2 Å². The van der Waals surface area contributed by atoms with Gasteiger partial charge in [-0.25, -0.2) is 26.7 Å². The summed E-state index contributed by atoms with van der Waals surface area (Å²) in [5, 5.41) is 9.21. The van der Waals surface area contributed by atoms with Crippen molar-refractivity contribution in [3.8, 4) is 11.1 Å². The first-order valence-electron chi connectivity index (χ1n) is 10.3. The Balaban J connectivity index is 2.03. The fourth-order valence-corrected chi connectivity index (χ4v) is 4.46. The molecule has 2 nitrogen and oxygen atoms in total. The van der Waals surface area contributed by atoms with E-state index in [0.29, 0.717) is 30.9 Å². The molecular formula is C24H23F5O2. The van der Waals surface area contributed by atoms with Crippen LogP contribution in [0.5, 0.6) is 0 Å². The molecule has 0 bridgehead atoms. The molecule has 0 aliphatic heterocycles. The van der Waals surface area contributed by atoms with Gasteiger partial charge in [-0.3, -0.25) is 0 Å². The largest absolute Gasteiger partial charge is 0.477 e. The van der Waals surface area contributed by atoms with Gasteiger partial charge in [0.15, 0.2) is 17.5 Å². The molecule has 0 heterocycles. The Hall–Kier alpha value is -2.70. The number of carboxylic acids is 1. The summed E-state index contributed by atoms with van der Waals surface area (Å²) in [6.45, 7) is 3.70. The van der Waals surface area contributed by atoms with E-state index in [-0.39, 0.29) is 17.0 Å². The molecule has 1 aliphatic carbocycles. The molecule has 1 saturated carbocycles. The average molecular weight is 438 g/mol. The second-order valence-corrected chi connectivity index (χ2v) is 8.01. The van der Waals surface area contributed by atoms with Crippen LogP contribution < -0.4 is 0 Å². The SMILES string of the molecule is C=CCCC[C@H]1CC[C@H](c2cc(F)c(C(=O)O)c(F)c2-c2cc(F)c(F)c(F)c2)CC1. The zero-order valence-electron chi connectivity index (χ0n) is 16.9. The summed E-state index contributed by atoms with van der Waals surface area (Å²) >= 11 is 0. The maximum atomic E-state index is 15.2. The van der Waals surface area contributed by atoms with E-state index in [1.807, 2.05) is 6.08 Å². The van der Waals surface area contributed by atoms with Crippen LogP contribution in [0.25, 0.3) is 11.1 Å². The molecule has 2 aromatic rings. The van der Waals surface area contributed by atoms with Crippen molar-refractivity contribution in [3.63, 3.8) is 0 Å². The summed E-state index contributed by atoms with van der Waals surface area (Å²) in [5.41, 5.74) is -1.82. The van der Waals surface area contributed by atoms with Crippen molar-refractivity contribution in [2.75, 3.05) is 0 Å². The highest BCUT2D eigenvalue weighted by molar-refractivity contribution is 5.91. The highest BCUT2D eigenvalue weighted by atomic mass is 19.2. The minimum Gasteiger partial charge on any atom is -0.477 e. The van der Waals surface area contributed by atoms with Gasteiger partial charge in [-0.1, -0.05) is 12.5 Å². The lowest BCUT2D eigenvalue weighted by atomic mass is 9.75. The van der Waals surface area contributed by atoms with Gasteiger partial charge in [0.05, 0.1) is 0 Å². The fraction of sp³-hybridized carbons (Fsp3) is 0.375. The third-order valence-electron chi connectivity index (χ3n) is 6.04. The molecule has 1 N–H and O–H groups in total. The van der Waals surface area contributed by atoms with Gasteiger partial charge in [-0.05, 0) is 79.7 Å². The highest BCUT2D eigenvalue weighted by Gasteiger charge is 2.31. The summed E-state index contributed by atoms with van der Waals surface area (Å²) in [4.78, 5) is 11.4. The first-order chi connectivity index (χ1) is 14.7. The first kappa shape index (κ1) is 23.0. The molecule has 1 fully saturated rings. The molecule has 0 amide bonds. The van der Waals surface area contributed by atoms with Crippen molar-refractivity contribution in [1.82, 2.24) is 0 Å². The lowest BCUT2D eigenvalue weighted by molar-refractivity contribution is 0.0686. The van der Waals surface area contributed by atoms with E-state index in [9.17, 15) is 27.5 Å². The predicted octanol–water partition coefficient (Wildman–Crippen LogP) is 7.38. The number of carbonyl (C=O) groups is 1. The quantitative estimate of drug-likeness (QED) is 0.212.